The van der Waals surface area contributed by atoms with Crippen molar-refractivity contribution in [3.63, 3.8) is 0 Å². The van der Waals surface area contributed by atoms with Crippen LogP contribution in [0.3, 0.4) is 0 Å². The van der Waals surface area contributed by atoms with Gasteiger partial charge in [0.25, 0.3) is 0 Å². The molecule has 1 unspecified atom stereocenters. The van der Waals surface area contributed by atoms with Crippen molar-refractivity contribution in [3.8, 4) is 11.4 Å². The number of nitrogens with one attached hydrogen (secondary N) is 1. The Labute approximate surface area is 192 Å². The molecule has 0 fully saturated rings. The summed E-state index contributed by atoms with van der Waals surface area (Å²) in [5, 5.41) is 14.9. The molecule has 1 N–H and O–H groups in total. The third kappa shape index (κ3) is 4.77. The van der Waals surface area contributed by atoms with Gasteiger partial charge in [-0.1, -0.05) is 42.5 Å². The Bertz CT molecular complexity index is 1110. The molecule has 0 bridgehead atoms. The van der Waals surface area contributed by atoms with Crippen molar-refractivity contribution < 1.29 is 4.79 Å². The van der Waals surface area contributed by atoms with E-state index in [2.05, 4.69) is 45.0 Å². The fourth-order valence-corrected chi connectivity index (χ4v) is 6.01. The molecule has 0 saturated heterocycles. The van der Waals surface area contributed by atoms with Crippen molar-refractivity contribution in [2.75, 3.05) is 11.1 Å². The molecule has 2 heterocycles. The van der Waals surface area contributed by atoms with Crippen molar-refractivity contribution in [1.29, 1.82) is 0 Å². The fraction of sp³-hybridized carbons (Fsp3) is 0.375. The van der Waals surface area contributed by atoms with Crippen LogP contribution in [0.2, 0.25) is 0 Å². The van der Waals surface area contributed by atoms with Crippen LogP contribution in [0.25, 0.3) is 11.4 Å². The van der Waals surface area contributed by atoms with E-state index in [1.807, 2.05) is 43.4 Å². The van der Waals surface area contributed by atoms with Gasteiger partial charge in [-0.25, -0.2) is 0 Å². The van der Waals surface area contributed by atoms with E-state index in [4.69, 9.17) is 0 Å². The molecule has 1 aromatic carbocycles. The van der Waals surface area contributed by atoms with Gasteiger partial charge in [-0.2, -0.15) is 0 Å². The van der Waals surface area contributed by atoms with Crippen LogP contribution in [-0.2, 0) is 24.2 Å². The molecule has 1 aliphatic rings. The first kappa shape index (κ1) is 21.8. The maximum absolute atomic E-state index is 12.5. The molecule has 31 heavy (non-hydrogen) atoms. The number of hydrogen-bond acceptors (Lipinski definition) is 5. The number of thiophene rings is 1. The number of fused-ring (bicyclic) bond motifs is 1. The predicted octanol–water partition coefficient (Wildman–Crippen LogP) is 5.67. The van der Waals surface area contributed by atoms with Gasteiger partial charge in [-0.3, -0.25) is 9.36 Å². The number of anilines is 1. The predicted molar refractivity (Wildman–Crippen MR) is 130 cm³/mol. The van der Waals surface area contributed by atoms with Gasteiger partial charge in [0.2, 0.25) is 5.91 Å². The second-order valence-electron chi connectivity index (χ2n) is 8.26. The van der Waals surface area contributed by atoms with Gasteiger partial charge in [0.15, 0.2) is 11.0 Å². The zero-order valence-electron chi connectivity index (χ0n) is 18.3. The number of carbonyl (C=O) groups is 1. The molecule has 0 saturated carbocycles. The summed E-state index contributed by atoms with van der Waals surface area (Å²) in [6, 6.07) is 6.02. The van der Waals surface area contributed by atoms with Gasteiger partial charge in [0.1, 0.15) is 0 Å². The van der Waals surface area contributed by atoms with Crippen molar-refractivity contribution in [3.05, 3.63) is 57.8 Å². The summed E-state index contributed by atoms with van der Waals surface area (Å²) >= 11 is 3.24. The molecule has 5 nitrogen and oxygen atoms in total. The molecule has 3 aromatic rings. The lowest BCUT2D eigenvalue weighted by Crippen LogP contribution is -2.15. The van der Waals surface area contributed by atoms with E-state index in [1.165, 1.54) is 39.8 Å². The average molecular weight is 453 g/mol. The molecule has 7 heteroatoms. The van der Waals surface area contributed by atoms with Crippen molar-refractivity contribution >= 4 is 34.7 Å². The second kappa shape index (κ2) is 9.40. The van der Waals surface area contributed by atoms with Crippen LogP contribution in [0.15, 0.2) is 41.4 Å². The maximum atomic E-state index is 12.5. The third-order valence-electron chi connectivity index (χ3n) is 5.66. The van der Waals surface area contributed by atoms with E-state index in [0.29, 0.717) is 6.54 Å². The first-order chi connectivity index (χ1) is 15.0. The zero-order valence-corrected chi connectivity index (χ0v) is 19.9. The van der Waals surface area contributed by atoms with Crippen molar-refractivity contribution in [1.82, 2.24) is 14.8 Å². The highest BCUT2D eigenvalue weighted by molar-refractivity contribution is 7.99. The van der Waals surface area contributed by atoms with Crippen LogP contribution in [0.4, 0.5) is 5.69 Å². The number of hydrogen-bond donors (Lipinski definition) is 1. The molecule has 1 atom stereocenters. The number of rotatable bonds is 7. The number of benzene rings is 1. The van der Waals surface area contributed by atoms with Gasteiger partial charge in [-0.15, -0.1) is 28.1 Å². The summed E-state index contributed by atoms with van der Waals surface area (Å²) in [5.74, 6) is 1.85. The van der Waals surface area contributed by atoms with E-state index in [0.717, 1.165) is 41.0 Å². The molecule has 4 rings (SSSR count). The Kier molecular flexibility index (Phi) is 6.62. The van der Waals surface area contributed by atoms with Gasteiger partial charge < -0.3 is 5.32 Å². The minimum Gasteiger partial charge on any atom is -0.325 e. The van der Waals surface area contributed by atoms with Gasteiger partial charge in [0, 0.05) is 28.1 Å². The lowest BCUT2D eigenvalue weighted by atomic mass is 9.88. The van der Waals surface area contributed by atoms with E-state index >= 15 is 0 Å². The van der Waals surface area contributed by atoms with E-state index in [1.54, 1.807) is 0 Å². The Morgan fingerprint density at radius 1 is 1.39 bits per heavy atom. The second-order valence-corrected chi connectivity index (χ2v) is 10.2. The lowest BCUT2D eigenvalue weighted by molar-refractivity contribution is -0.113. The lowest BCUT2D eigenvalue weighted by Gasteiger charge is -2.19. The van der Waals surface area contributed by atoms with Gasteiger partial charge >= 0.3 is 0 Å². The summed E-state index contributed by atoms with van der Waals surface area (Å²) in [6.07, 6.45) is 5.31. The molecular weight excluding hydrogens is 424 g/mol. The number of thioether (sulfide) groups is 1. The largest absolute Gasteiger partial charge is 0.325 e. The highest BCUT2D eigenvalue weighted by Gasteiger charge is 2.24. The van der Waals surface area contributed by atoms with Crippen LogP contribution in [-0.4, -0.2) is 26.4 Å². The van der Waals surface area contributed by atoms with Crippen LogP contribution < -0.4 is 5.32 Å². The Morgan fingerprint density at radius 3 is 3.00 bits per heavy atom. The molecular formula is C24H28N4OS2. The summed E-state index contributed by atoms with van der Waals surface area (Å²) < 4.78 is 2.07. The molecule has 162 valence electrons. The number of carbonyl (C=O) groups excluding carboxylic acids is 1. The minimum atomic E-state index is -0.0476. The summed E-state index contributed by atoms with van der Waals surface area (Å²) in [4.78, 5) is 14.0. The number of nitrogens with zero attached hydrogens (tertiary/aromatic N) is 3. The quantitative estimate of drug-likeness (QED) is 0.371. The van der Waals surface area contributed by atoms with Crippen molar-refractivity contribution in [2.45, 2.75) is 51.7 Å². The fourth-order valence-electron chi connectivity index (χ4n) is 4.02. The SMILES string of the molecule is C=CCn1c(SCC(=O)Nc2ccc(C)cc2C)nnc1-c1csc2c1CCC(C)C2. The van der Waals surface area contributed by atoms with Crippen LogP contribution in [0.5, 0.6) is 0 Å². The summed E-state index contributed by atoms with van der Waals surface area (Å²) in [5.41, 5.74) is 5.70. The smallest absolute Gasteiger partial charge is 0.234 e. The maximum Gasteiger partial charge on any atom is 0.234 e. The molecule has 1 amide bonds. The Balaban J connectivity index is 1.50. The Morgan fingerprint density at radius 2 is 2.23 bits per heavy atom. The first-order valence-electron chi connectivity index (χ1n) is 10.6. The summed E-state index contributed by atoms with van der Waals surface area (Å²) in [6.45, 7) is 10.9. The molecule has 2 aromatic heterocycles. The summed E-state index contributed by atoms with van der Waals surface area (Å²) in [7, 11) is 0. The Hall–Kier alpha value is -2.38. The number of aryl methyl sites for hydroxylation is 2. The number of aromatic nitrogens is 3. The van der Waals surface area contributed by atoms with E-state index < -0.39 is 0 Å². The third-order valence-corrected chi connectivity index (χ3v) is 7.68. The molecule has 0 radical (unpaired) electrons. The standard InChI is InChI=1S/C24H28N4OS2/c1-5-10-28-23(19-13-30-21-12-16(3)6-8-18(19)21)26-27-24(28)31-14-22(29)25-20-9-7-15(2)11-17(20)4/h5,7,9,11,13,16H,1,6,8,10,12,14H2,2-4H3,(H,25,29). The van der Waals surface area contributed by atoms with Crippen LogP contribution >= 0.6 is 23.1 Å². The van der Waals surface area contributed by atoms with Crippen LogP contribution in [0.1, 0.15) is 34.9 Å². The van der Waals surface area contributed by atoms with Crippen LogP contribution in [0, 0.1) is 19.8 Å². The van der Waals surface area contributed by atoms with Gasteiger partial charge in [0.05, 0.1) is 5.75 Å². The topological polar surface area (TPSA) is 59.8 Å². The monoisotopic (exact) mass is 452 g/mol. The minimum absolute atomic E-state index is 0.0476. The van der Waals surface area contributed by atoms with Gasteiger partial charge in [-0.05, 0) is 56.2 Å². The molecule has 1 aliphatic carbocycles. The molecule has 0 spiro atoms. The molecule has 0 aliphatic heterocycles. The number of amides is 1. The average Bonchev–Trinajstić information content (AvgIpc) is 3.32. The normalized spacial score (nSPS) is 15.5. The highest BCUT2D eigenvalue weighted by atomic mass is 32.2. The van der Waals surface area contributed by atoms with Crippen molar-refractivity contribution in [2.24, 2.45) is 5.92 Å². The number of allylic oxidation sites excluding steroid dienone is 1. The first-order valence-corrected chi connectivity index (χ1v) is 12.5. The van der Waals surface area contributed by atoms with E-state index in [9.17, 15) is 4.79 Å². The highest BCUT2D eigenvalue weighted by Crippen LogP contribution is 2.38. The zero-order chi connectivity index (χ0) is 22.0. The van der Waals surface area contributed by atoms with E-state index in [-0.39, 0.29) is 11.7 Å².